The van der Waals surface area contributed by atoms with Crippen molar-refractivity contribution in [2.45, 2.75) is 63.2 Å². The monoisotopic (exact) mass is 371 g/mol. The van der Waals surface area contributed by atoms with Gasteiger partial charge in [-0.15, -0.1) is 0 Å². The summed E-state index contributed by atoms with van der Waals surface area (Å²) in [5, 5.41) is 9.36. The van der Waals surface area contributed by atoms with E-state index in [9.17, 15) is 14.4 Å². The molecule has 2 fully saturated rings. The molecule has 0 radical (unpaired) electrons. The standard InChI is InChI=1S/C19H25N5O3/c1-12(17(26)21-13-4-2-5-13)24-11-9-19(8-7-15(24)25)22-16-14(18(27)23-19)6-3-10-20-16/h3,6,10,12-13H,2,4-5,7-9,11H2,1H3,(H,20,22)(H,21,26)(H,23,27). The van der Waals surface area contributed by atoms with E-state index >= 15 is 0 Å². The molecular weight excluding hydrogens is 346 g/mol. The van der Waals surface area contributed by atoms with Crippen molar-refractivity contribution in [3.63, 3.8) is 0 Å². The zero-order chi connectivity index (χ0) is 19.0. The van der Waals surface area contributed by atoms with Crippen molar-refractivity contribution in [1.82, 2.24) is 20.5 Å². The summed E-state index contributed by atoms with van der Waals surface area (Å²) in [6.07, 6.45) is 6.04. The van der Waals surface area contributed by atoms with Crippen molar-refractivity contribution < 1.29 is 14.4 Å². The second-order valence-electron chi connectivity index (χ2n) is 7.71. The van der Waals surface area contributed by atoms with Gasteiger partial charge in [-0.1, -0.05) is 0 Å². The molecule has 3 aliphatic rings. The Morgan fingerprint density at radius 3 is 2.89 bits per heavy atom. The van der Waals surface area contributed by atoms with Crippen LogP contribution in [0.2, 0.25) is 0 Å². The van der Waals surface area contributed by atoms with E-state index in [1.54, 1.807) is 30.2 Å². The van der Waals surface area contributed by atoms with Crippen LogP contribution >= 0.6 is 0 Å². The second-order valence-corrected chi connectivity index (χ2v) is 7.71. The molecule has 2 aliphatic heterocycles. The molecule has 3 heterocycles. The second kappa shape index (κ2) is 6.83. The molecule has 2 unspecified atom stereocenters. The van der Waals surface area contributed by atoms with E-state index in [4.69, 9.17) is 0 Å². The number of pyridine rings is 1. The summed E-state index contributed by atoms with van der Waals surface area (Å²) in [6, 6.07) is 3.17. The third-order valence-corrected chi connectivity index (χ3v) is 5.93. The van der Waals surface area contributed by atoms with Gasteiger partial charge in [-0.3, -0.25) is 14.4 Å². The number of nitrogens with one attached hydrogen (secondary N) is 3. The van der Waals surface area contributed by atoms with Gasteiger partial charge in [0, 0.05) is 31.6 Å². The van der Waals surface area contributed by atoms with Gasteiger partial charge in [-0.2, -0.15) is 0 Å². The summed E-state index contributed by atoms with van der Waals surface area (Å²) < 4.78 is 0. The van der Waals surface area contributed by atoms with Gasteiger partial charge < -0.3 is 20.9 Å². The van der Waals surface area contributed by atoms with Crippen molar-refractivity contribution in [2.75, 3.05) is 11.9 Å². The third-order valence-electron chi connectivity index (χ3n) is 5.93. The van der Waals surface area contributed by atoms with Crippen molar-refractivity contribution in [1.29, 1.82) is 0 Å². The minimum atomic E-state index is -0.715. The smallest absolute Gasteiger partial charge is 0.256 e. The summed E-state index contributed by atoms with van der Waals surface area (Å²) in [4.78, 5) is 43.5. The summed E-state index contributed by atoms with van der Waals surface area (Å²) in [7, 11) is 0. The molecular formula is C19H25N5O3. The van der Waals surface area contributed by atoms with Crippen LogP contribution in [0.15, 0.2) is 18.3 Å². The summed E-state index contributed by atoms with van der Waals surface area (Å²) >= 11 is 0. The first-order valence-corrected chi connectivity index (χ1v) is 9.63. The molecule has 0 aromatic carbocycles. The predicted molar refractivity (Wildman–Crippen MR) is 98.9 cm³/mol. The quantitative estimate of drug-likeness (QED) is 0.736. The van der Waals surface area contributed by atoms with Crippen molar-refractivity contribution in [2.24, 2.45) is 0 Å². The number of fused-ring (bicyclic) bond motifs is 1. The largest absolute Gasteiger partial charge is 0.352 e. The molecule has 4 rings (SSSR count). The highest BCUT2D eigenvalue weighted by Gasteiger charge is 2.42. The van der Waals surface area contributed by atoms with Gasteiger partial charge >= 0.3 is 0 Å². The number of nitrogens with zero attached hydrogens (tertiary/aromatic N) is 2. The Kier molecular flexibility index (Phi) is 4.49. The molecule has 1 saturated carbocycles. The van der Waals surface area contributed by atoms with Crippen molar-refractivity contribution in [3.8, 4) is 0 Å². The zero-order valence-electron chi connectivity index (χ0n) is 15.5. The van der Waals surface area contributed by atoms with Crippen LogP contribution in [0.1, 0.15) is 55.8 Å². The number of likely N-dealkylation sites (tertiary alicyclic amines) is 1. The highest BCUT2D eigenvalue weighted by atomic mass is 16.2. The lowest BCUT2D eigenvalue weighted by atomic mass is 9.93. The maximum Gasteiger partial charge on any atom is 0.256 e. The van der Waals surface area contributed by atoms with Crippen LogP contribution in [0, 0.1) is 0 Å². The molecule has 2 atom stereocenters. The van der Waals surface area contributed by atoms with Crippen LogP contribution in [0.5, 0.6) is 0 Å². The molecule has 1 saturated heterocycles. The van der Waals surface area contributed by atoms with Gasteiger partial charge in [0.2, 0.25) is 11.8 Å². The topological polar surface area (TPSA) is 103 Å². The molecule has 0 bridgehead atoms. The molecule has 8 heteroatoms. The maximum absolute atomic E-state index is 12.7. The number of carbonyl (C=O) groups is 3. The number of amides is 3. The number of hydrogen-bond acceptors (Lipinski definition) is 5. The van der Waals surface area contributed by atoms with Crippen molar-refractivity contribution in [3.05, 3.63) is 23.9 Å². The molecule has 3 amide bonds. The van der Waals surface area contributed by atoms with Crippen LogP contribution in [0.3, 0.4) is 0 Å². The summed E-state index contributed by atoms with van der Waals surface area (Å²) in [5.74, 6) is 0.189. The molecule has 1 aromatic heterocycles. The minimum Gasteiger partial charge on any atom is -0.352 e. The van der Waals surface area contributed by atoms with Gasteiger partial charge in [0.05, 0.1) is 5.56 Å². The van der Waals surface area contributed by atoms with Crippen LogP contribution in [0.25, 0.3) is 0 Å². The average molecular weight is 371 g/mol. The molecule has 1 aliphatic carbocycles. The van der Waals surface area contributed by atoms with Gasteiger partial charge in [0.1, 0.15) is 17.5 Å². The van der Waals surface area contributed by atoms with E-state index in [0.29, 0.717) is 30.8 Å². The number of anilines is 1. The van der Waals surface area contributed by atoms with E-state index in [1.165, 1.54) is 0 Å². The first kappa shape index (κ1) is 17.8. The van der Waals surface area contributed by atoms with Gasteiger partial charge in [-0.05, 0) is 44.7 Å². The number of hydrogen-bond donors (Lipinski definition) is 3. The Labute approximate surface area is 158 Å². The zero-order valence-corrected chi connectivity index (χ0v) is 15.5. The first-order chi connectivity index (χ1) is 13.0. The predicted octanol–water partition coefficient (Wildman–Crippen LogP) is 1.00. The fourth-order valence-corrected chi connectivity index (χ4v) is 3.93. The fourth-order valence-electron chi connectivity index (χ4n) is 3.93. The Balaban J connectivity index is 1.47. The lowest BCUT2D eigenvalue weighted by Gasteiger charge is -2.39. The van der Waals surface area contributed by atoms with Crippen LogP contribution < -0.4 is 16.0 Å². The van der Waals surface area contributed by atoms with Crippen molar-refractivity contribution >= 4 is 23.5 Å². The maximum atomic E-state index is 12.7. The Morgan fingerprint density at radius 1 is 1.33 bits per heavy atom. The molecule has 27 heavy (non-hydrogen) atoms. The Hall–Kier alpha value is -2.64. The van der Waals surface area contributed by atoms with Gasteiger partial charge in [0.25, 0.3) is 5.91 Å². The SMILES string of the molecule is CC(C(=O)NC1CCC1)N1CCC2(CCC1=O)NC(=O)c1cccnc1N2. The van der Waals surface area contributed by atoms with E-state index in [-0.39, 0.29) is 30.2 Å². The lowest BCUT2D eigenvalue weighted by Crippen LogP contribution is -2.58. The minimum absolute atomic E-state index is 0.0639. The average Bonchev–Trinajstić information content (AvgIpc) is 2.77. The lowest BCUT2D eigenvalue weighted by molar-refractivity contribution is -0.139. The normalized spacial score (nSPS) is 26.3. The highest BCUT2D eigenvalue weighted by Crippen LogP contribution is 2.31. The Morgan fingerprint density at radius 2 is 2.15 bits per heavy atom. The molecule has 1 spiro atoms. The molecule has 3 N–H and O–H groups in total. The number of aromatic nitrogens is 1. The van der Waals surface area contributed by atoms with E-state index < -0.39 is 11.7 Å². The van der Waals surface area contributed by atoms with E-state index in [1.807, 2.05) is 0 Å². The van der Waals surface area contributed by atoms with Gasteiger partial charge in [-0.25, -0.2) is 4.98 Å². The summed E-state index contributed by atoms with van der Waals surface area (Å²) in [5.41, 5.74) is -0.212. The van der Waals surface area contributed by atoms with Crippen LogP contribution in [-0.4, -0.2) is 51.9 Å². The number of rotatable bonds is 3. The fraction of sp³-hybridized carbons (Fsp3) is 0.579. The molecule has 8 nitrogen and oxygen atoms in total. The van der Waals surface area contributed by atoms with E-state index in [2.05, 4.69) is 20.9 Å². The van der Waals surface area contributed by atoms with E-state index in [0.717, 1.165) is 19.3 Å². The third kappa shape index (κ3) is 3.36. The molecule has 1 aromatic rings. The first-order valence-electron chi connectivity index (χ1n) is 9.63. The van der Waals surface area contributed by atoms with Gasteiger partial charge in [0.15, 0.2) is 0 Å². The molecule has 144 valence electrons. The van der Waals surface area contributed by atoms with Crippen LogP contribution in [0.4, 0.5) is 5.82 Å². The summed E-state index contributed by atoms with van der Waals surface area (Å²) in [6.45, 7) is 2.17. The highest BCUT2D eigenvalue weighted by molar-refractivity contribution is 6.01. The van der Waals surface area contributed by atoms with Crippen LogP contribution in [-0.2, 0) is 9.59 Å². The number of carbonyl (C=O) groups excluding carboxylic acids is 3. The Bertz CT molecular complexity index is 778.